The molecule has 0 aromatic carbocycles. The van der Waals surface area contributed by atoms with Gasteiger partial charge in [-0.1, -0.05) is 203 Å². The summed E-state index contributed by atoms with van der Waals surface area (Å²) in [4.78, 5) is 115. The smallest absolute Gasteiger partial charge is 0.438 e. The molecular weight excluding hydrogens is 1560 g/mol. The lowest BCUT2D eigenvalue weighted by molar-refractivity contribution is -0.142. The number of carboxylic acid groups (broad SMARTS) is 1. The number of H-pyrrole nitrogens is 4. The minimum Gasteiger partial charge on any atom is -0.481 e. The van der Waals surface area contributed by atoms with E-state index >= 15 is 0 Å². The van der Waals surface area contributed by atoms with Gasteiger partial charge in [0, 0.05) is 64.8 Å². The number of sulfonamides is 1. The molecule has 115 heavy (non-hydrogen) atoms. The molecule has 4 aromatic rings. The highest BCUT2D eigenvalue weighted by Gasteiger charge is 2.31. The number of rotatable bonds is 11. The van der Waals surface area contributed by atoms with Crippen LogP contribution in [0.4, 0.5) is 0 Å². The molecule has 7 heterocycles. The van der Waals surface area contributed by atoms with Crippen LogP contribution in [0.5, 0.6) is 0 Å². The van der Waals surface area contributed by atoms with Gasteiger partial charge in [-0.05, 0) is 140 Å². The number of hydrogen-bond acceptors (Lipinski definition) is 25. The van der Waals surface area contributed by atoms with Gasteiger partial charge in [-0.2, -0.15) is 14.6 Å². The van der Waals surface area contributed by atoms with Crippen molar-refractivity contribution in [3.63, 3.8) is 0 Å². The van der Waals surface area contributed by atoms with Crippen LogP contribution in [-0.4, -0.2) is 145 Å². The van der Waals surface area contributed by atoms with Gasteiger partial charge in [0.25, 0.3) is 11.8 Å². The number of amides is 4. The summed E-state index contributed by atoms with van der Waals surface area (Å²) < 4.78 is 42.2. The van der Waals surface area contributed by atoms with E-state index in [9.17, 15) is 51.6 Å². The van der Waals surface area contributed by atoms with Crippen LogP contribution < -0.4 is 26.6 Å². The second-order valence-electron chi connectivity index (χ2n) is 32.5. The predicted molar refractivity (Wildman–Crippen MR) is 443 cm³/mol. The topological polar surface area (TPSA) is 465 Å². The van der Waals surface area contributed by atoms with Crippen LogP contribution in [0.25, 0.3) is 0 Å². The Kier molecular flexibility index (Phi) is 43.0. The van der Waals surface area contributed by atoms with Gasteiger partial charge in [-0.3, -0.25) is 63.0 Å². The van der Waals surface area contributed by atoms with E-state index in [2.05, 4.69) is 69.8 Å². The van der Waals surface area contributed by atoms with Gasteiger partial charge in [0.15, 0.2) is 24.2 Å². The first-order valence-corrected chi connectivity index (χ1v) is 47.6. The molecule has 31 nitrogen and oxygen atoms in total. The van der Waals surface area contributed by atoms with Crippen molar-refractivity contribution in [2.45, 2.75) is 345 Å². The summed E-state index contributed by atoms with van der Waals surface area (Å²) in [6.07, 6.45) is 60.3. The molecule has 0 unspecified atom stereocenters. The number of carbonyl (C=O) groups is 6. The zero-order valence-corrected chi connectivity index (χ0v) is 70.8. The lowest BCUT2D eigenvalue weighted by Crippen LogP contribution is -2.35. The summed E-state index contributed by atoms with van der Waals surface area (Å²) >= 11 is 4.08. The molecule has 35 heteroatoms. The normalized spacial score (nSPS) is 21.9. The summed E-state index contributed by atoms with van der Waals surface area (Å²) in [7, 11) is -3.37. The van der Waals surface area contributed by atoms with Crippen molar-refractivity contribution >= 4 is 95.8 Å². The third kappa shape index (κ3) is 36.1. The molecule has 0 atom stereocenters. The molecule has 0 radical (unpaired) electrons. The predicted octanol–water partition coefficient (Wildman–Crippen LogP) is 15.3. The molecule has 3 aliphatic heterocycles. The van der Waals surface area contributed by atoms with E-state index in [-0.39, 0.29) is 58.0 Å². The SMILES string of the molecule is C1CCC(c2nn[nH]n2)CC1.CS(=O)(=O)NC(=O)C1CCCCC1.O=C(NO)C1CCCCC1.O=C(O)C1CCCCC1.O=C1CN=C(C2CCCCC2)S1.O=C1COC(C2CCCCC2)=N1.O=C1CSC(C2CCCCC2)=N1.O=c1[nH]c(C2CCCCC2)no1.O=c1[nH]c(C2CCCCC2)ns1.O=c1[nH]nc(C2CCCCC2)o1. The Bertz CT molecular complexity index is 3690. The zero-order chi connectivity index (χ0) is 81.8. The Morgan fingerprint density at radius 2 is 0.939 bits per heavy atom. The van der Waals surface area contributed by atoms with E-state index in [0.29, 0.717) is 65.5 Å². The van der Waals surface area contributed by atoms with E-state index in [1.807, 2.05) is 4.72 Å². The van der Waals surface area contributed by atoms with Crippen LogP contribution in [0, 0.1) is 35.5 Å². The number of hydrogen-bond donors (Lipinski definition) is 8. The number of carbonyl (C=O) groups excluding carboxylic acids is 5. The fourth-order valence-corrected chi connectivity index (χ4v) is 20.1. The van der Waals surface area contributed by atoms with Gasteiger partial charge in [0.2, 0.25) is 32.8 Å². The summed E-state index contributed by atoms with van der Waals surface area (Å²) in [5, 5.41) is 43.2. The monoisotopic (exact) mass is 1680 g/mol. The second kappa shape index (κ2) is 52.8. The molecule has 4 aromatic heterocycles. The zero-order valence-electron chi connectivity index (χ0n) is 67.5. The first kappa shape index (κ1) is 93.6. The van der Waals surface area contributed by atoms with Gasteiger partial charge < -0.3 is 14.3 Å². The molecule has 13 aliphatic rings. The molecule has 642 valence electrons. The maximum absolute atomic E-state index is 11.3. The molecule has 8 N–H and O–H groups in total. The third-order valence-electron chi connectivity index (χ3n) is 23.5. The molecule has 17 rings (SSSR count). The Morgan fingerprint density at radius 3 is 1.31 bits per heavy atom. The summed E-state index contributed by atoms with van der Waals surface area (Å²) in [5.74, 6) is 5.92. The fourth-order valence-electron chi connectivity index (χ4n) is 17.1. The van der Waals surface area contributed by atoms with Gasteiger partial charge in [-0.25, -0.2) is 33.6 Å². The van der Waals surface area contributed by atoms with Gasteiger partial charge in [0.05, 0.1) is 28.0 Å². The van der Waals surface area contributed by atoms with Gasteiger partial charge in [0.1, 0.15) is 12.4 Å². The quantitative estimate of drug-likeness (QED) is 0.0511. The first-order chi connectivity index (χ1) is 55.8. The number of aliphatic imine (C=N–C) groups is 3. The highest BCUT2D eigenvalue weighted by atomic mass is 32.2. The number of tetrazole rings is 1. The summed E-state index contributed by atoms with van der Waals surface area (Å²) in [6.45, 7) is 0.600. The van der Waals surface area contributed by atoms with Crippen LogP contribution in [0.3, 0.4) is 0 Å². The number of aromatic nitrogens is 10. The molecule has 0 spiro atoms. The molecule has 10 saturated carbocycles. The van der Waals surface area contributed by atoms with Crippen molar-refractivity contribution in [2.75, 3.05) is 25.2 Å². The summed E-state index contributed by atoms with van der Waals surface area (Å²) in [6, 6.07) is 0. The van der Waals surface area contributed by atoms with Crippen molar-refractivity contribution < 1.29 is 61.2 Å². The average Bonchev–Trinajstić information content (AvgIpc) is 1.47. The molecule has 10 fully saturated rings. The first-order valence-electron chi connectivity index (χ1n) is 43.1. The Labute approximate surface area is 688 Å². The second-order valence-corrected chi connectivity index (χ2v) is 37.0. The van der Waals surface area contributed by atoms with E-state index in [4.69, 9.17) is 19.5 Å². The maximum atomic E-state index is 11.3. The lowest BCUT2D eigenvalue weighted by atomic mass is 9.89. The highest BCUT2D eigenvalue weighted by molar-refractivity contribution is 8.26. The van der Waals surface area contributed by atoms with Crippen LogP contribution in [0.1, 0.15) is 368 Å². The molecule has 0 bridgehead atoms. The van der Waals surface area contributed by atoms with E-state index in [0.717, 1.165) is 167 Å². The third-order valence-corrected chi connectivity index (χ3v) is 26.8. The van der Waals surface area contributed by atoms with Gasteiger partial charge in [-0.15, -0.1) is 27.1 Å². The standard InChI is InChI=1S/C9H13NO2.2C9H13NOS.2C8H12N2O2.C8H12N2OS.C8H15NO3S.C7H12N4.C7H13NO2.C7H12O2/c2*11-8-6-12-9(10-8)7-4-2-1-3-5-7;11-8-6-10-9(12-8)7-4-2-1-3-5-7;11-8-10-9-7(12-8)6-4-2-1-3-5-6;2*11-8-9-7(10-12-8)6-4-2-1-3-5-6;1-13(11,12)9-8(10)7-5-3-2-4-6-7;1-2-4-6(5-3-1)7-8-10-11-9-7;9-7(8-10)6-4-2-1-3-5-6;8-7(9)6-4-2-1-3-5-6/h3*7H,1-6H2;6H,1-5H2,(H,10,11);2*6H,1-5H2,(H,9,10,11);7H,2-6H2,1H3,(H,9,10);6H,1-5H2,(H,8,9,10,11);6,10H,1-5H2,(H,8,9);6H,1-5H2,(H,8,9). The fraction of sp³-hybridized carbons (Fsp3) is 0.800. The van der Waals surface area contributed by atoms with Crippen molar-refractivity contribution in [1.82, 2.24) is 60.5 Å². The van der Waals surface area contributed by atoms with Gasteiger partial charge >= 0.3 is 22.4 Å². The van der Waals surface area contributed by atoms with Crippen LogP contribution in [-0.2, 0) is 43.5 Å². The number of nitrogens with zero attached hydrogens (tertiary/aromatic N) is 9. The molecule has 4 amide bonds. The van der Waals surface area contributed by atoms with Crippen molar-refractivity contribution in [3.05, 3.63) is 54.1 Å². The van der Waals surface area contributed by atoms with Crippen molar-refractivity contribution in [2.24, 2.45) is 50.5 Å². The van der Waals surface area contributed by atoms with Crippen LogP contribution >= 0.6 is 35.1 Å². The lowest BCUT2D eigenvalue weighted by Gasteiger charge is -2.20. The summed E-state index contributed by atoms with van der Waals surface area (Å²) in [5.41, 5.74) is 1.70. The largest absolute Gasteiger partial charge is 0.481 e. The highest BCUT2D eigenvalue weighted by Crippen LogP contribution is 2.37. The Balaban J connectivity index is 0.000000160. The molecular formula is C80H127N15O16S4. The average molecular weight is 1680 g/mol. The Morgan fingerprint density at radius 1 is 0.487 bits per heavy atom. The minimum atomic E-state index is -3.37. The van der Waals surface area contributed by atoms with E-state index in [1.54, 1.807) is 17.2 Å². The number of carboxylic acids is 1. The maximum Gasteiger partial charge on any atom is 0.438 e. The van der Waals surface area contributed by atoms with Crippen LogP contribution in [0.15, 0.2) is 38.3 Å². The van der Waals surface area contributed by atoms with Crippen molar-refractivity contribution in [3.8, 4) is 0 Å². The Hall–Kier alpha value is -6.85. The molecule has 10 aliphatic carbocycles. The minimum absolute atomic E-state index is 0.0180. The van der Waals surface area contributed by atoms with E-state index in [1.165, 1.54) is 211 Å². The number of nitrogens with one attached hydrogen (secondary N) is 6. The number of aromatic amines is 4. The van der Waals surface area contributed by atoms with Crippen molar-refractivity contribution in [1.29, 1.82) is 0 Å². The van der Waals surface area contributed by atoms with E-state index < -0.39 is 27.5 Å². The number of aliphatic carboxylic acids is 1. The molecule has 0 saturated heterocycles. The number of thioether (sulfide) groups is 2. The number of hydroxylamine groups is 1. The van der Waals surface area contributed by atoms with Crippen LogP contribution in [0.2, 0.25) is 0 Å². The number of ether oxygens (including phenoxy) is 1.